The van der Waals surface area contributed by atoms with E-state index in [1.165, 1.54) is 11.8 Å². The Morgan fingerprint density at radius 1 is 1.44 bits per heavy atom. The van der Waals surface area contributed by atoms with Crippen molar-refractivity contribution in [2.24, 2.45) is 5.92 Å². The van der Waals surface area contributed by atoms with E-state index in [4.69, 9.17) is 5.11 Å². The normalized spacial score (nSPS) is 17.4. The van der Waals surface area contributed by atoms with Crippen LogP contribution in [0, 0.1) is 5.92 Å². The summed E-state index contributed by atoms with van der Waals surface area (Å²) in [7, 11) is 0. The molecule has 1 aliphatic rings. The monoisotopic (exact) mass is 245 g/mol. The molecule has 0 aromatic carbocycles. The lowest BCUT2D eigenvalue weighted by molar-refractivity contribution is -0.129. The van der Waals surface area contributed by atoms with Crippen LogP contribution in [0.1, 0.15) is 19.3 Å². The van der Waals surface area contributed by atoms with Gasteiger partial charge in [-0.3, -0.25) is 4.79 Å². The summed E-state index contributed by atoms with van der Waals surface area (Å²) in [5.74, 6) is 1.50. The lowest BCUT2D eigenvalue weighted by Gasteiger charge is -2.31. The van der Waals surface area contributed by atoms with Gasteiger partial charge in [-0.1, -0.05) is 0 Å². The molecule has 0 aromatic heterocycles. The fourth-order valence-corrected chi connectivity index (χ4v) is 2.51. The molecule has 1 amide bonds. The molecule has 1 fully saturated rings. The van der Waals surface area contributed by atoms with E-state index in [0.717, 1.165) is 38.6 Å². The number of amides is 1. The second-order valence-corrected chi connectivity index (χ2v) is 5.05. The fraction of sp³-hybridized carbons (Fsp3) is 0.818. The minimum atomic E-state index is 0.134. The van der Waals surface area contributed by atoms with Gasteiger partial charge in [0.05, 0.1) is 5.75 Å². The third-order valence-corrected chi connectivity index (χ3v) is 3.74. The van der Waals surface area contributed by atoms with Gasteiger partial charge in [0.1, 0.15) is 6.29 Å². The minimum Gasteiger partial charge on any atom is -0.396 e. The molecule has 0 saturated carbocycles. The maximum absolute atomic E-state index is 11.7. The Labute approximate surface area is 100 Å². The number of nitrogens with zero attached hydrogens (tertiary/aromatic N) is 1. The van der Waals surface area contributed by atoms with Gasteiger partial charge in [0.25, 0.3) is 0 Å². The van der Waals surface area contributed by atoms with Crippen molar-refractivity contribution >= 4 is 24.0 Å². The van der Waals surface area contributed by atoms with Crippen molar-refractivity contribution in [3.63, 3.8) is 0 Å². The highest BCUT2D eigenvalue weighted by molar-refractivity contribution is 8.00. The summed E-state index contributed by atoms with van der Waals surface area (Å²) in [6.45, 7) is 1.84. The number of hydrogen-bond donors (Lipinski definition) is 1. The number of aliphatic hydroxyl groups is 1. The van der Waals surface area contributed by atoms with Crippen LogP contribution in [0.5, 0.6) is 0 Å². The first-order valence-corrected chi connectivity index (χ1v) is 6.83. The maximum atomic E-state index is 11.7. The van der Waals surface area contributed by atoms with Gasteiger partial charge in [0, 0.05) is 25.4 Å². The van der Waals surface area contributed by atoms with Crippen LogP contribution in [-0.2, 0) is 9.59 Å². The van der Waals surface area contributed by atoms with Crippen LogP contribution in [-0.4, -0.2) is 53.4 Å². The first-order chi connectivity index (χ1) is 7.77. The summed E-state index contributed by atoms with van der Waals surface area (Å²) in [6.07, 6.45) is 3.66. The fourth-order valence-electron chi connectivity index (χ4n) is 1.94. The Hall–Kier alpha value is -0.550. The zero-order valence-corrected chi connectivity index (χ0v) is 10.2. The maximum Gasteiger partial charge on any atom is 0.232 e. The number of likely N-dealkylation sites (tertiary alicyclic amines) is 1. The standard InChI is InChI=1S/C11H19NO3S/c13-6-3-10-1-4-12(5-2-10)11(15)9-16-8-7-14/h7,10,13H,1-6,8-9H2. The van der Waals surface area contributed by atoms with Crippen molar-refractivity contribution in [2.75, 3.05) is 31.2 Å². The van der Waals surface area contributed by atoms with Crippen molar-refractivity contribution in [1.82, 2.24) is 4.90 Å². The molecule has 1 aliphatic heterocycles. The van der Waals surface area contributed by atoms with Crippen LogP contribution in [0.3, 0.4) is 0 Å². The largest absolute Gasteiger partial charge is 0.396 e. The first kappa shape index (κ1) is 13.5. The highest BCUT2D eigenvalue weighted by Crippen LogP contribution is 2.20. The lowest BCUT2D eigenvalue weighted by atomic mass is 9.94. The molecule has 5 heteroatoms. The van der Waals surface area contributed by atoms with E-state index >= 15 is 0 Å². The zero-order valence-electron chi connectivity index (χ0n) is 9.43. The molecule has 0 bridgehead atoms. The Morgan fingerprint density at radius 3 is 2.69 bits per heavy atom. The van der Waals surface area contributed by atoms with E-state index in [1.54, 1.807) is 0 Å². The number of carbonyl (C=O) groups is 2. The lowest BCUT2D eigenvalue weighted by Crippen LogP contribution is -2.39. The quantitative estimate of drug-likeness (QED) is 0.548. The number of aliphatic hydroxyl groups excluding tert-OH is 1. The molecular weight excluding hydrogens is 226 g/mol. The Balaban J connectivity index is 2.19. The number of thioether (sulfide) groups is 1. The topological polar surface area (TPSA) is 57.6 Å². The summed E-state index contributed by atoms with van der Waals surface area (Å²) < 4.78 is 0. The average Bonchev–Trinajstić information content (AvgIpc) is 2.30. The van der Waals surface area contributed by atoms with Crippen LogP contribution >= 0.6 is 11.8 Å². The molecule has 0 radical (unpaired) electrons. The second kappa shape index (κ2) is 7.68. The minimum absolute atomic E-state index is 0.134. The highest BCUT2D eigenvalue weighted by atomic mass is 32.2. The van der Waals surface area contributed by atoms with Gasteiger partial charge >= 0.3 is 0 Å². The van der Waals surface area contributed by atoms with Gasteiger partial charge in [-0.15, -0.1) is 11.8 Å². The van der Waals surface area contributed by atoms with E-state index in [1.807, 2.05) is 4.90 Å². The van der Waals surface area contributed by atoms with Crippen molar-refractivity contribution in [3.8, 4) is 0 Å². The number of rotatable bonds is 6. The average molecular weight is 245 g/mol. The molecule has 4 nitrogen and oxygen atoms in total. The summed E-state index contributed by atoms with van der Waals surface area (Å²) in [4.78, 5) is 23.7. The van der Waals surface area contributed by atoms with Crippen LogP contribution < -0.4 is 0 Å². The molecule has 0 aromatic rings. The van der Waals surface area contributed by atoms with E-state index in [9.17, 15) is 9.59 Å². The number of carbonyl (C=O) groups excluding carboxylic acids is 2. The van der Waals surface area contributed by atoms with Gasteiger partial charge in [-0.2, -0.15) is 0 Å². The molecule has 0 spiro atoms. The third-order valence-electron chi connectivity index (χ3n) is 2.92. The molecule has 1 rings (SSSR count). The van der Waals surface area contributed by atoms with Crippen LogP contribution in [0.4, 0.5) is 0 Å². The predicted octanol–water partition coefficient (Wildman–Crippen LogP) is 0.539. The van der Waals surface area contributed by atoms with Crippen molar-refractivity contribution in [1.29, 1.82) is 0 Å². The van der Waals surface area contributed by atoms with E-state index in [2.05, 4.69) is 0 Å². The predicted molar refractivity (Wildman–Crippen MR) is 64.4 cm³/mol. The number of aldehydes is 1. The summed E-state index contributed by atoms with van der Waals surface area (Å²) in [6, 6.07) is 0. The number of hydrogen-bond acceptors (Lipinski definition) is 4. The third kappa shape index (κ3) is 4.53. The summed E-state index contributed by atoms with van der Waals surface area (Å²) in [5, 5.41) is 8.82. The van der Waals surface area contributed by atoms with Gasteiger partial charge in [-0.25, -0.2) is 0 Å². The molecule has 16 heavy (non-hydrogen) atoms. The van der Waals surface area contributed by atoms with Gasteiger partial charge < -0.3 is 14.8 Å². The molecule has 0 atom stereocenters. The highest BCUT2D eigenvalue weighted by Gasteiger charge is 2.21. The van der Waals surface area contributed by atoms with Gasteiger partial charge in [-0.05, 0) is 25.2 Å². The second-order valence-electron chi connectivity index (χ2n) is 4.02. The zero-order chi connectivity index (χ0) is 11.8. The van der Waals surface area contributed by atoms with Crippen molar-refractivity contribution in [2.45, 2.75) is 19.3 Å². The van der Waals surface area contributed by atoms with E-state index in [0.29, 0.717) is 17.4 Å². The molecule has 92 valence electrons. The Kier molecular flexibility index (Phi) is 6.49. The molecule has 0 aliphatic carbocycles. The first-order valence-electron chi connectivity index (χ1n) is 5.68. The molecule has 1 heterocycles. The smallest absolute Gasteiger partial charge is 0.232 e. The van der Waals surface area contributed by atoms with Crippen LogP contribution in [0.25, 0.3) is 0 Å². The van der Waals surface area contributed by atoms with Crippen LogP contribution in [0.2, 0.25) is 0 Å². The SMILES string of the molecule is O=CCSCC(=O)N1CCC(CCO)CC1. The molecule has 1 saturated heterocycles. The van der Waals surface area contributed by atoms with Gasteiger partial charge in [0.2, 0.25) is 5.91 Å². The molecule has 1 N–H and O–H groups in total. The van der Waals surface area contributed by atoms with Crippen molar-refractivity contribution < 1.29 is 14.7 Å². The van der Waals surface area contributed by atoms with Gasteiger partial charge in [0.15, 0.2) is 0 Å². The van der Waals surface area contributed by atoms with E-state index in [-0.39, 0.29) is 12.5 Å². The van der Waals surface area contributed by atoms with E-state index < -0.39 is 0 Å². The summed E-state index contributed by atoms with van der Waals surface area (Å²) in [5.41, 5.74) is 0. The molecule has 0 unspecified atom stereocenters. The van der Waals surface area contributed by atoms with Crippen LogP contribution in [0.15, 0.2) is 0 Å². The summed E-state index contributed by atoms with van der Waals surface area (Å²) >= 11 is 1.37. The Bertz CT molecular complexity index is 227. The van der Waals surface area contributed by atoms with Crippen molar-refractivity contribution in [3.05, 3.63) is 0 Å². The molecular formula is C11H19NO3S. The number of piperidine rings is 1. The Morgan fingerprint density at radius 2 is 2.12 bits per heavy atom.